The van der Waals surface area contributed by atoms with E-state index in [-0.39, 0.29) is 11.6 Å². The summed E-state index contributed by atoms with van der Waals surface area (Å²) in [7, 11) is 0. The monoisotopic (exact) mass is 289 g/mol. The molecule has 0 unspecified atom stereocenters. The van der Waals surface area contributed by atoms with Crippen molar-refractivity contribution in [3.05, 3.63) is 11.9 Å². The van der Waals surface area contributed by atoms with Gasteiger partial charge in [0.1, 0.15) is 11.6 Å². The van der Waals surface area contributed by atoms with Crippen LogP contribution in [0.25, 0.3) is 0 Å². The molecule has 1 aliphatic rings. The Bertz CT molecular complexity index is 443. The first-order chi connectivity index (χ1) is 9.49. The lowest BCUT2D eigenvalue weighted by Gasteiger charge is -2.13. The summed E-state index contributed by atoms with van der Waals surface area (Å²) < 4.78 is 37.9. The van der Waals surface area contributed by atoms with Crippen molar-refractivity contribution in [2.24, 2.45) is 11.8 Å². The molecule has 1 fully saturated rings. The van der Waals surface area contributed by atoms with Crippen LogP contribution in [0.1, 0.15) is 37.9 Å². The standard InChI is InChI=1S/C12H18F3N5/c13-12(14,15)11-18-9(7-10(19-11)20-16)17-6-5-8-3-1-2-4-8/h7-8H,1-6,16H2,(H2,17,18,19,20). The number of nitrogen functional groups attached to an aromatic ring is 1. The summed E-state index contributed by atoms with van der Waals surface area (Å²) >= 11 is 0. The lowest BCUT2D eigenvalue weighted by atomic mass is 10.0. The highest BCUT2D eigenvalue weighted by Gasteiger charge is 2.35. The van der Waals surface area contributed by atoms with E-state index in [4.69, 9.17) is 5.84 Å². The van der Waals surface area contributed by atoms with E-state index in [0.717, 1.165) is 6.42 Å². The van der Waals surface area contributed by atoms with Gasteiger partial charge in [-0.1, -0.05) is 25.7 Å². The summed E-state index contributed by atoms with van der Waals surface area (Å²) in [4.78, 5) is 6.77. The Kier molecular flexibility index (Phi) is 4.64. The second kappa shape index (κ2) is 6.25. The minimum absolute atomic E-state index is 0.0595. The van der Waals surface area contributed by atoms with Crippen molar-refractivity contribution in [1.82, 2.24) is 9.97 Å². The largest absolute Gasteiger partial charge is 0.451 e. The Hall–Kier alpha value is -1.57. The van der Waals surface area contributed by atoms with Crippen molar-refractivity contribution in [1.29, 1.82) is 0 Å². The van der Waals surface area contributed by atoms with E-state index in [1.807, 2.05) is 0 Å². The third kappa shape index (κ3) is 3.96. The molecule has 2 rings (SSSR count). The second-order valence-corrected chi connectivity index (χ2v) is 4.97. The van der Waals surface area contributed by atoms with Crippen molar-refractivity contribution in [3.8, 4) is 0 Å². The number of alkyl halides is 3. The van der Waals surface area contributed by atoms with E-state index in [9.17, 15) is 13.2 Å². The number of anilines is 2. The van der Waals surface area contributed by atoms with Gasteiger partial charge in [0.25, 0.3) is 0 Å². The Morgan fingerprint density at radius 3 is 2.45 bits per heavy atom. The van der Waals surface area contributed by atoms with Crippen LogP contribution in [0.2, 0.25) is 0 Å². The zero-order valence-corrected chi connectivity index (χ0v) is 11.0. The minimum Gasteiger partial charge on any atom is -0.370 e. The minimum atomic E-state index is -4.59. The fraction of sp³-hybridized carbons (Fsp3) is 0.667. The van der Waals surface area contributed by atoms with Crippen LogP contribution in [0.15, 0.2) is 6.07 Å². The zero-order chi connectivity index (χ0) is 14.6. The molecule has 1 aliphatic carbocycles. The van der Waals surface area contributed by atoms with E-state index in [2.05, 4.69) is 20.7 Å². The van der Waals surface area contributed by atoms with Gasteiger partial charge in [-0.2, -0.15) is 13.2 Å². The third-order valence-corrected chi connectivity index (χ3v) is 3.46. The first kappa shape index (κ1) is 14.8. The maximum absolute atomic E-state index is 12.6. The number of hydrogen-bond acceptors (Lipinski definition) is 5. The van der Waals surface area contributed by atoms with Crippen molar-refractivity contribution < 1.29 is 13.2 Å². The van der Waals surface area contributed by atoms with Gasteiger partial charge in [0.05, 0.1) is 0 Å². The lowest BCUT2D eigenvalue weighted by molar-refractivity contribution is -0.144. The predicted octanol–water partition coefficient (Wildman–Crippen LogP) is 2.77. The van der Waals surface area contributed by atoms with Gasteiger partial charge in [0.2, 0.25) is 5.82 Å². The summed E-state index contributed by atoms with van der Waals surface area (Å²) in [6.45, 7) is 0.600. The number of rotatable bonds is 5. The van der Waals surface area contributed by atoms with E-state index in [0.29, 0.717) is 12.5 Å². The number of nitrogens with two attached hydrogens (primary N) is 1. The number of halogens is 3. The number of aromatic nitrogens is 2. The maximum atomic E-state index is 12.6. The fourth-order valence-electron chi connectivity index (χ4n) is 2.44. The topological polar surface area (TPSA) is 75.9 Å². The Balaban J connectivity index is 1.98. The van der Waals surface area contributed by atoms with Crippen molar-refractivity contribution >= 4 is 11.6 Å². The van der Waals surface area contributed by atoms with Gasteiger partial charge < -0.3 is 10.7 Å². The number of nitrogens with zero attached hydrogens (tertiary/aromatic N) is 2. The van der Waals surface area contributed by atoms with Crippen LogP contribution in [0.3, 0.4) is 0 Å². The molecule has 0 radical (unpaired) electrons. The van der Waals surface area contributed by atoms with Gasteiger partial charge in [-0.3, -0.25) is 0 Å². The molecule has 0 saturated heterocycles. The van der Waals surface area contributed by atoms with Crippen molar-refractivity contribution in [2.45, 2.75) is 38.3 Å². The molecule has 20 heavy (non-hydrogen) atoms. The molecule has 1 saturated carbocycles. The zero-order valence-electron chi connectivity index (χ0n) is 11.0. The van der Waals surface area contributed by atoms with Crippen molar-refractivity contribution in [3.63, 3.8) is 0 Å². The van der Waals surface area contributed by atoms with Crippen LogP contribution in [0.5, 0.6) is 0 Å². The quantitative estimate of drug-likeness (QED) is 0.574. The van der Waals surface area contributed by atoms with Crippen LogP contribution in [-0.2, 0) is 6.18 Å². The summed E-state index contributed by atoms with van der Waals surface area (Å²) in [6, 6.07) is 1.36. The van der Waals surface area contributed by atoms with Crippen LogP contribution >= 0.6 is 0 Å². The van der Waals surface area contributed by atoms with Crippen LogP contribution in [0, 0.1) is 5.92 Å². The molecule has 0 amide bonds. The molecule has 0 aromatic carbocycles. The average molecular weight is 289 g/mol. The first-order valence-electron chi connectivity index (χ1n) is 6.66. The molecule has 112 valence electrons. The molecule has 5 nitrogen and oxygen atoms in total. The van der Waals surface area contributed by atoms with Gasteiger partial charge in [0.15, 0.2) is 0 Å². The van der Waals surface area contributed by atoms with Crippen LogP contribution in [0.4, 0.5) is 24.8 Å². The number of nitrogens with one attached hydrogen (secondary N) is 2. The van der Waals surface area contributed by atoms with Gasteiger partial charge in [0, 0.05) is 12.6 Å². The predicted molar refractivity (Wildman–Crippen MR) is 69.9 cm³/mol. The van der Waals surface area contributed by atoms with E-state index in [1.165, 1.54) is 31.7 Å². The van der Waals surface area contributed by atoms with Crippen LogP contribution in [-0.4, -0.2) is 16.5 Å². The first-order valence-corrected chi connectivity index (χ1v) is 6.66. The third-order valence-electron chi connectivity index (χ3n) is 3.46. The lowest BCUT2D eigenvalue weighted by Crippen LogP contribution is -2.17. The Morgan fingerprint density at radius 1 is 1.20 bits per heavy atom. The SMILES string of the molecule is NNc1cc(NCCC2CCCC2)nc(C(F)(F)F)n1. The molecule has 1 heterocycles. The van der Waals surface area contributed by atoms with Gasteiger partial charge >= 0.3 is 6.18 Å². The van der Waals surface area contributed by atoms with Gasteiger partial charge in [-0.05, 0) is 12.3 Å². The Labute approximate surface area is 115 Å². The highest BCUT2D eigenvalue weighted by Crippen LogP contribution is 2.29. The van der Waals surface area contributed by atoms with E-state index in [1.54, 1.807) is 0 Å². The normalized spacial score (nSPS) is 16.4. The second-order valence-electron chi connectivity index (χ2n) is 4.97. The smallest absolute Gasteiger partial charge is 0.370 e. The average Bonchev–Trinajstić information content (AvgIpc) is 2.90. The highest BCUT2D eigenvalue weighted by molar-refractivity contribution is 5.47. The Morgan fingerprint density at radius 2 is 1.85 bits per heavy atom. The van der Waals surface area contributed by atoms with Gasteiger partial charge in [-0.15, -0.1) is 0 Å². The number of hydrazine groups is 1. The molecule has 1 aromatic rings. The van der Waals surface area contributed by atoms with Gasteiger partial charge in [-0.25, -0.2) is 15.8 Å². The summed E-state index contributed by atoms with van der Waals surface area (Å²) in [5, 5.41) is 2.91. The summed E-state index contributed by atoms with van der Waals surface area (Å²) in [5.41, 5.74) is 2.12. The summed E-state index contributed by atoms with van der Waals surface area (Å²) in [5.74, 6) is 4.67. The molecular weight excluding hydrogens is 271 g/mol. The highest BCUT2D eigenvalue weighted by atomic mass is 19.4. The maximum Gasteiger partial charge on any atom is 0.451 e. The molecule has 0 atom stereocenters. The molecular formula is C12H18F3N5. The summed E-state index contributed by atoms with van der Waals surface area (Å²) in [6.07, 6.45) is 1.25. The van der Waals surface area contributed by atoms with Crippen LogP contribution < -0.4 is 16.6 Å². The molecule has 0 spiro atoms. The molecule has 4 N–H and O–H groups in total. The fourth-order valence-corrected chi connectivity index (χ4v) is 2.44. The molecule has 0 bridgehead atoms. The molecule has 0 aliphatic heterocycles. The van der Waals surface area contributed by atoms with E-state index >= 15 is 0 Å². The van der Waals surface area contributed by atoms with Crippen molar-refractivity contribution in [2.75, 3.05) is 17.3 Å². The number of hydrogen-bond donors (Lipinski definition) is 3. The molecule has 8 heteroatoms. The van der Waals surface area contributed by atoms with E-state index < -0.39 is 12.0 Å². The molecule has 1 aromatic heterocycles.